The Morgan fingerprint density at radius 3 is 2.58 bits per heavy atom. The number of hydrogen-bond donors (Lipinski definition) is 1. The highest BCUT2D eigenvalue weighted by atomic mass is 15.2. The van der Waals surface area contributed by atoms with Gasteiger partial charge in [0.15, 0.2) is 0 Å². The van der Waals surface area contributed by atoms with E-state index in [9.17, 15) is 0 Å². The van der Waals surface area contributed by atoms with Crippen molar-refractivity contribution in [2.24, 2.45) is 5.92 Å². The summed E-state index contributed by atoms with van der Waals surface area (Å²) in [6, 6.07) is 2.43. The molecule has 1 N–H and O–H groups in total. The molecule has 3 aliphatic rings. The molecule has 0 aromatic rings. The second kappa shape index (κ2) is 6.11. The summed E-state index contributed by atoms with van der Waals surface area (Å²) >= 11 is 0. The molecule has 4 unspecified atom stereocenters. The number of hydrogen-bond acceptors (Lipinski definition) is 3. The summed E-state index contributed by atoms with van der Waals surface area (Å²) in [5.41, 5.74) is 0. The smallest absolute Gasteiger partial charge is 0.0249 e. The standard InChI is InChI=1S/C16H31N3/c1-17-14-7-3-4-8-16(14)19-11-9-15-13(12-19)6-5-10-18(15)2/h13-17H,3-12H2,1-2H3. The molecule has 1 saturated carbocycles. The molecule has 3 heteroatoms. The number of nitrogens with one attached hydrogen (secondary N) is 1. The number of rotatable bonds is 2. The van der Waals surface area contributed by atoms with Gasteiger partial charge in [-0.3, -0.25) is 4.90 Å². The zero-order valence-electron chi connectivity index (χ0n) is 12.8. The maximum absolute atomic E-state index is 3.58. The minimum atomic E-state index is 0.742. The maximum Gasteiger partial charge on any atom is 0.0249 e. The van der Waals surface area contributed by atoms with Gasteiger partial charge in [-0.2, -0.15) is 0 Å². The molecule has 0 aromatic heterocycles. The Hall–Kier alpha value is -0.120. The summed E-state index contributed by atoms with van der Waals surface area (Å²) < 4.78 is 0. The topological polar surface area (TPSA) is 18.5 Å². The van der Waals surface area contributed by atoms with Gasteiger partial charge in [0.1, 0.15) is 0 Å². The highest BCUT2D eigenvalue weighted by molar-refractivity contribution is 4.95. The molecule has 0 radical (unpaired) electrons. The fourth-order valence-electron chi connectivity index (χ4n) is 4.87. The van der Waals surface area contributed by atoms with E-state index in [1.165, 1.54) is 64.6 Å². The van der Waals surface area contributed by atoms with Crippen LogP contribution in [0.2, 0.25) is 0 Å². The number of fused-ring (bicyclic) bond motifs is 1. The summed E-state index contributed by atoms with van der Waals surface area (Å²) in [5.74, 6) is 0.937. The molecule has 0 spiro atoms. The van der Waals surface area contributed by atoms with Gasteiger partial charge >= 0.3 is 0 Å². The van der Waals surface area contributed by atoms with Crippen molar-refractivity contribution in [1.82, 2.24) is 15.1 Å². The Labute approximate surface area is 118 Å². The van der Waals surface area contributed by atoms with Gasteiger partial charge in [-0.15, -0.1) is 0 Å². The van der Waals surface area contributed by atoms with Crippen molar-refractivity contribution >= 4 is 0 Å². The zero-order chi connectivity index (χ0) is 13.2. The Bertz CT molecular complexity index is 294. The molecule has 0 aromatic carbocycles. The van der Waals surface area contributed by atoms with E-state index in [0.717, 1.165) is 24.0 Å². The number of piperidine rings is 2. The summed E-state index contributed by atoms with van der Waals surface area (Å²) in [7, 11) is 4.49. The van der Waals surface area contributed by atoms with Crippen molar-refractivity contribution in [3.05, 3.63) is 0 Å². The first kappa shape index (κ1) is 13.8. The third kappa shape index (κ3) is 2.84. The summed E-state index contributed by atoms with van der Waals surface area (Å²) in [6.07, 6.45) is 9.92. The van der Waals surface area contributed by atoms with Gasteiger partial charge in [-0.25, -0.2) is 0 Å². The van der Waals surface area contributed by atoms with Crippen molar-refractivity contribution in [2.75, 3.05) is 33.7 Å². The van der Waals surface area contributed by atoms with E-state index in [-0.39, 0.29) is 0 Å². The molecule has 2 saturated heterocycles. The first-order chi connectivity index (χ1) is 9.29. The maximum atomic E-state index is 3.58. The monoisotopic (exact) mass is 265 g/mol. The zero-order valence-corrected chi connectivity index (χ0v) is 12.8. The lowest BCUT2D eigenvalue weighted by Crippen LogP contribution is -2.59. The van der Waals surface area contributed by atoms with Crippen LogP contribution in [0.1, 0.15) is 44.9 Å². The third-order valence-electron chi connectivity index (χ3n) is 5.95. The third-order valence-corrected chi connectivity index (χ3v) is 5.95. The van der Waals surface area contributed by atoms with E-state index >= 15 is 0 Å². The number of likely N-dealkylation sites (tertiary alicyclic amines) is 2. The van der Waals surface area contributed by atoms with Gasteiger partial charge in [0.05, 0.1) is 0 Å². The van der Waals surface area contributed by atoms with Crippen molar-refractivity contribution in [1.29, 1.82) is 0 Å². The fourth-order valence-corrected chi connectivity index (χ4v) is 4.87. The molecule has 3 fully saturated rings. The van der Waals surface area contributed by atoms with Gasteiger partial charge in [-0.05, 0) is 58.7 Å². The van der Waals surface area contributed by atoms with Gasteiger partial charge in [0.25, 0.3) is 0 Å². The Morgan fingerprint density at radius 2 is 1.74 bits per heavy atom. The van der Waals surface area contributed by atoms with E-state index < -0.39 is 0 Å². The predicted octanol–water partition coefficient (Wildman–Crippen LogP) is 1.93. The number of likely N-dealkylation sites (N-methyl/N-ethyl adjacent to an activating group) is 1. The lowest BCUT2D eigenvalue weighted by molar-refractivity contribution is 0.00493. The molecule has 3 nitrogen and oxygen atoms in total. The molecule has 0 amide bonds. The van der Waals surface area contributed by atoms with Crippen LogP contribution < -0.4 is 5.32 Å². The summed E-state index contributed by atoms with van der Waals surface area (Å²) in [5, 5.41) is 3.58. The van der Waals surface area contributed by atoms with Crippen LogP contribution in [-0.2, 0) is 0 Å². The van der Waals surface area contributed by atoms with Gasteiger partial charge in [0, 0.05) is 31.2 Å². The molecule has 0 bridgehead atoms. The Balaban J connectivity index is 1.63. The molecular weight excluding hydrogens is 234 g/mol. The predicted molar refractivity (Wildman–Crippen MR) is 80.4 cm³/mol. The molecule has 4 atom stereocenters. The van der Waals surface area contributed by atoms with Crippen LogP contribution in [-0.4, -0.2) is 61.7 Å². The fraction of sp³-hybridized carbons (Fsp3) is 1.00. The van der Waals surface area contributed by atoms with Gasteiger partial charge in [0.2, 0.25) is 0 Å². The van der Waals surface area contributed by atoms with Crippen LogP contribution in [0.5, 0.6) is 0 Å². The Kier molecular flexibility index (Phi) is 4.45. The summed E-state index contributed by atoms with van der Waals surface area (Å²) in [4.78, 5) is 5.46. The normalized spacial score (nSPS) is 42.0. The lowest BCUT2D eigenvalue weighted by Gasteiger charge is -2.50. The second-order valence-electron chi connectivity index (χ2n) is 6.98. The van der Waals surface area contributed by atoms with E-state index in [0.29, 0.717) is 0 Å². The van der Waals surface area contributed by atoms with Gasteiger partial charge < -0.3 is 10.2 Å². The lowest BCUT2D eigenvalue weighted by atomic mass is 9.81. The van der Waals surface area contributed by atoms with Crippen LogP contribution in [0.4, 0.5) is 0 Å². The summed E-state index contributed by atoms with van der Waals surface area (Å²) in [6.45, 7) is 4.01. The molecular formula is C16H31N3. The average Bonchev–Trinajstić information content (AvgIpc) is 2.47. The van der Waals surface area contributed by atoms with Crippen LogP contribution in [0, 0.1) is 5.92 Å². The van der Waals surface area contributed by atoms with Crippen LogP contribution in [0.15, 0.2) is 0 Å². The van der Waals surface area contributed by atoms with E-state index in [2.05, 4.69) is 29.2 Å². The minimum Gasteiger partial charge on any atom is -0.315 e. The van der Waals surface area contributed by atoms with E-state index in [4.69, 9.17) is 0 Å². The molecule has 2 aliphatic heterocycles. The highest BCUT2D eigenvalue weighted by Crippen LogP contribution is 2.33. The molecule has 2 heterocycles. The quantitative estimate of drug-likeness (QED) is 0.823. The van der Waals surface area contributed by atoms with Crippen molar-refractivity contribution in [2.45, 2.75) is 63.1 Å². The van der Waals surface area contributed by atoms with E-state index in [1.807, 2.05) is 0 Å². The van der Waals surface area contributed by atoms with Crippen LogP contribution in [0.25, 0.3) is 0 Å². The largest absolute Gasteiger partial charge is 0.315 e. The van der Waals surface area contributed by atoms with Crippen LogP contribution >= 0.6 is 0 Å². The average molecular weight is 265 g/mol. The van der Waals surface area contributed by atoms with Crippen molar-refractivity contribution in [3.63, 3.8) is 0 Å². The first-order valence-electron chi connectivity index (χ1n) is 8.41. The number of nitrogens with zero attached hydrogens (tertiary/aromatic N) is 2. The highest BCUT2D eigenvalue weighted by Gasteiger charge is 2.38. The molecule has 1 aliphatic carbocycles. The van der Waals surface area contributed by atoms with Gasteiger partial charge in [-0.1, -0.05) is 12.8 Å². The van der Waals surface area contributed by atoms with Crippen LogP contribution in [0.3, 0.4) is 0 Å². The molecule has 110 valence electrons. The second-order valence-corrected chi connectivity index (χ2v) is 6.98. The first-order valence-corrected chi connectivity index (χ1v) is 8.41. The SMILES string of the molecule is CNC1CCCCC1N1CCC2C(CCCN2C)C1. The Morgan fingerprint density at radius 1 is 0.895 bits per heavy atom. The molecule has 3 rings (SSSR count). The minimum absolute atomic E-state index is 0.742. The van der Waals surface area contributed by atoms with E-state index in [1.54, 1.807) is 0 Å². The van der Waals surface area contributed by atoms with Crippen molar-refractivity contribution in [3.8, 4) is 0 Å². The van der Waals surface area contributed by atoms with Crippen molar-refractivity contribution < 1.29 is 0 Å². The molecule has 19 heavy (non-hydrogen) atoms.